The van der Waals surface area contributed by atoms with Crippen molar-refractivity contribution in [2.45, 2.75) is 6.92 Å². The lowest BCUT2D eigenvalue weighted by Gasteiger charge is -2.33. The number of nitrogens with one attached hydrogen (secondary N) is 2. The minimum atomic E-state index is -0.0907. The summed E-state index contributed by atoms with van der Waals surface area (Å²) in [6.07, 6.45) is 0. The predicted octanol–water partition coefficient (Wildman–Crippen LogP) is 0.226. The van der Waals surface area contributed by atoms with E-state index in [2.05, 4.69) is 15.6 Å². The average Bonchev–Trinajstić information content (AvgIpc) is 2.47. The van der Waals surface area contributed by atoms with Gasteiger partial charge < -0.3 is 15.5 Å². The molecule has 0 atom stereocenters. The molecule has 0 saturated carbocycles. The van der Waals surface area contributed by atoms with Crippen LogP contribution in [0.3, 0.4) is 0 Å². The molecule has 2 N–H and O–H groups in total. The number of nitrogens with zero attached hydrogens (tertiary/aromatic N) is 3. The minimum absolute atomic E-state index is 0.0900. The molecular weight excluding hydrogens is 270 g/mol. The Kier molecular flexibility index (Phi) is 5.10. The molecule has 1 aromatic rings. The van der Waals surface area contributed by atoms with Gasteiger partial charge in [0.2, 0.25) is 11.8 Å². The van der Waals surface area contributed by atoms with Crippen LogP contribution in [0.15, 0.2) is 18.2 Å². The highest BCUT2D eigenvalue weighted by Gasteiger charge is 2.20. The molecule has 2 heterocycles. The molecule has 0 aromatic carbocycles. The summed E-state index contributed by atoms with van der Waals surface area (Å²) in [7, 11) is 1.78. The summed E-state index contributed by atoms with van der Waals surface area (Å²) in [5.74, 6) is 1.25. The molecule has 1 aromatic heterocycles. The van der Waals surface area contributed by atoms with Crippen molar-refractivity contribution in [3.63, 3.8) is 0 Å². The molecule has 1 aliphatic heterocycles. The average molecular weight is 291 g/mol. The molecule has 7 nitrogen and oxygen atoms in total. The van der Waals surface area contributed by atoms with Crippen molar-refractivity contribution in [3.8, 4) is 0 Å². The fourth-order valence-corrected chi connectivity index (χ4v) is 2.25. The Morgan fingerprint density at radius 3 is 2.48 bits per heavy atom. The van der Waals surface area contributed by atoms with Gasteiger partial charge in [-0.2, -0.15) is 0 Å². The first kappa shape index (κ1) is 15.2. The topological polar surface area (TPSA) is 77.6 Å². The number of anilines is 2. The second-order valence-corrected chi connectivity index (χ2v) is 4.99. The second-order valence-electron chi connectivity index (χ2n) is 4.99. The smallest absolute Gasteiger partial charge is 0.239 e. The van der Waals surface area contributed by atoms with E-state index in [1.807, 2.05) is 17.0 Å². The Morgan fingerprint density at radius 2 is 1.86 bits per heavy atom. The molecular formula is C14H21N5O2. The summed E-state index contributed by atoms with van der Waals surface area (Å²) in [6.45, 7) is 4.68. The van der Waals surface area contributed by atoms with Crippen molar-refractivity contribution in [1.82, 2.24) is 14.8 Å². The second kappa shape index (κ2) is 7.03. The van der Waals surface area contributed by atoms with Crippen LogP contribution >= 0.6 is 0 Å². The monoisotopic (exact) mass is 291 g/mol. The van der Waals surface area contributed by atoms with Gasteiger partial charge in [0.15, 0.2) is 0 Å². The molecule has 0 radical (unpaired) electrons. The van der Waals surface area contributed by atoms with E-state index in [9.17, 15) is 9.59 Å². The lowest BCUT2D eigenvalue weighted by Crippen LogP contribution is -2.49. The van der Waals surface area contributed by atoms with Crippen LogP contribution in [0, 0.1) is 0 Å². The van der Waals surface area contributed by atoms with E-state index >= 15 is 0 Å². The van der Waals surface area contributed by atoms with Gasteiger partial charge in [-0.3, -0.25) is 14.5 Å². The molecule has 0 unspecified atom stereocenters. The Bertz CT molecular complexity index is 512. The maximum atomic E-state index is 12.0. The molecule has 0 bridgehead atoms. The molecule has 1 saturated heterocycles. The first-order valence-corrected chi connectivity index (χ1v) is 7.01. The zero-order chi connectivity index (χ0) is 15.2. The Labute approximate surface area is 124 Å². The van der Waals surface area contributed by atoms with Crippen molar-refractivity contribution in [1.29, 1.82) is 0 Å². The van der Waals surface area contributed by atoms with Gasteiger partial charge in [0.05, 0.1) is 6.54 Å². The molecule has 0 spiro atoms. The first-order valence-electron chi connectivity index (χ1n) is 7.01. The largest absolute Gasteiger partial charge is 0.373 e. The molecule has 2 rings (SSSR count). The van der Waals surface area contributed by atoms with Crippen LogP contribution < -0.4 is 10.6 Å². The lowest BCUT2D eigenvalue weighted by atomic mass is 10.3. The van der Waals surface area contributed by atoms with Gasteiger partial charge in [-0.1, -0.05) is 6.07 Å². The quantitative estimate of drug-likeness (QED) is 0.830. The molecule has 0 aliphatic carbocycles. The van der Waals surface area contributed by atoms with Crippen LogP contribution in [0.2, 0.25) is 0 Å². The normalized spacial score (nSPS) is 15.6. The molecule has 114 valence electrons. The van der Waals surface area contributed by atoms with Gasteiger partial charge in [0.1, 0.15) is 11.6 Å². The number of carbonyl (C=O) groups excluding carboxylic acids is 2. The van der Waals surface area contributed by atoms with E-state index in [4.69, 9.17) is 0 Å². The minimum Gasteiger partial charge on any atom is -0.373 e. The summed E-state index contributed by atoms with van der Waals surface area (Å²) < 4.78 is 0. The van der Waals surface area contributed by atoms with Crippen molar-refractivity contribution < 1.29 is 9.59 Å². The fraction of sp³-hybridized carbons (Fsp3) is 0.500. The van der Waals surface area contributed by atoms with E-state index in [0.29, 0.717) is 31.3 Å². The van der Waals surface area contributed by atoms with Crippen LogP contribution in [0.5, 0.6) is 0 Å². The zero-order valence-electron chi connectivity index (χ0n) is 12.4. The standard InChI is InChI=1S/C14H21N5O2/c1-11(20)19-8-6-18(7-9-19)10-14(21)17-13-5-3-4-12(15-2)16-13/h3-5H,6-10H2,1-2H3,(H2,15,16,17,21). The maximum absolute atomic E-state index is 12.0. The number of hydrogen-bond donors (Lipinski definition) is 2. The van der Waals surface area contributed by atoms with Crippen LogP contribution in [-0.2, 0) is 9.59 Å². The van der Waals surface area contributed by atoms with Crippen LogP contribution in [-0.4, -0.2) is 66.4 Å². The van der Waals surface area contributed by atoms with Gasteiger partial charge in [0.25, 0.3) is 0 Å². The maximum Gasteiger partial charge on any atom is 0.239 e. The van der Waals surface area contributed by atoms with Gasteiger partial charge in [-0.25, -0.2) is 4.98 Å². The third-order valence-corrected chi connectivity index (χ3v) is 3.46. The highest BCUT2D eigenvalue weighted by Crippen LogP contribution is 2.08. The number of amides is 2. The van der Waals surface area contributed by atoms with Crippen molar-refractivity contribution in [2.24, 2.45) is 0 Å². The zero-order valence-corrected chi connectivity index (χ0v) is 12.4. The molecule has 21 heavy (non-hydrogen) atoms. The van der Waals surface area contributed by atoms with E-state index in [1.165, 1.54) is 0 Å². The SMILES string of the molecule is CNc1cccc(NC(=O)CN2CCN(C(C)=O)CC2)n1. The van der Waals surface area contributed by atoms with E-state index in [0.717, 1.165) is 13.1 Å². The first-order chi connectivity index (χ1) is 10.1. The highest BCUT2D eigenvalue weighted by atomic mass is 16.2. The van der Waals surface area contributed by atoms with E-state index in [-0.39, 0.29) is 11.8 Å². The summed E-state index contributed by atoms with van der Waals surface area (Å²) in [4.78, 5) is 31.3. The van der Waals surface area contributed by atoms with Crippen LogP contribution in [0.4, 0.5) is 11.6 Å². The van der Waals surface area contributed by atoms with Crippen molar-refractivity contribution in [2.75, 3.05) is 50.4 Å². The van der Waals surface area contributed by atoms with Gasteiger partial charge in [-0.05, 0) is 12.1 Å². The Morgan fingerprint density at radius 1 is 1.19 bits per heavy atom. The van der Waals surface area contributed by atoms with E-state index < -0.39 is 0 Å². The number of hydrogen-bond acceptors (Lipinski definition) is 5. The lowest BCUT2D eigenvalue weighted by molar-refractivity contribution is -0.130. The van der Waals surface area contributed by atoms with Gasteiger partial charge in [0, 0.05) is 40.2 Å². The Balaban J connectivity index is 1.81. The van der Waals surface area contributed by atoms with Crippen LogP contribution in [0.25, 0.3) is 0 Å². The number of aromatic nitrogens is 1. The number of pyridine rings is 1. The third kappa shape index (κ3) is 4.42. The third-order valence-electron chi connectivity index (χ3n) is 3.46. The van der Waals surface area contributed by atoms with Gasteiger partial charge >= 0.3 is 0 Å². The number of carbonyl (C=O) groups is 2. The van der Waals surface area contributed by atoms with Crippen molar-refractivity contribution >= 4 is 23.5 Å². The van der Waals surface area contributed by atoms with E-state index in [1.54, 1.807) is 24.9 Å². The summed E-state index contributed by atoms with van der Waals surface area (Å²) in [6, 6.07) is 5.42. The fourth-order valence-electron chi connectivity index (χ4n) is 2.25. The number of piperazine rings is 1. The molecule has 1 aliphatic rings. The summed E-state index contributed by atoms with van der Waals surface area (Å²) >= 11 is 0. The Hall–Kier alpha value is -2.15. The molecule has 1 fully saturated rings. The predicted molar refractivity (Wildman–Crippen MR) is 81.1 cm³/mol. The summed E-state index contributed by atoms with van der Waals surface area (Å²) in [5.41, 5.74) is 0. The number of rotatable bonds is 4. The van der Waals surface area contributed by atoms with Gasteiger partial charge in [-0.15, -0.1) is 0 Å². The summed E-state index contributed by atoms with van der Waals surface area (Å²) in [5, 5.41) is 5.71. The molecule has 7 heteroatoms. The highest BCUT2D eigenvalue weighted by molar-refractivity contribution is 5.91. The molecule has 2 amide bonds. The van der Waals surface area contributed by atoms with Crippen LogP contribution in [0.1, 0.15) is 6.92 Å². The van der Waals surface area contributed by atoms with Crippen molar-refractivity contribution in [3.05, 3.63) is 18.2 Å².